The molecule has 1 aromatic carbocycles. The topological polar surface area (TPSA) is 38.0 Å². The number of hydrogen-bond acceptors (Lipinski definition) is 3. The van der Waals surface area contributed by atoms with Gasteiger partial charge in [0.1, 0.15) is 0 Å². The maximum atomic E-state index is 5.98. The van der Waals surface area contributed by atoms with Gasteiger partial charge in [0.2, 0.25) is 0 Å². The van der Waals surface area contributed by atoms with Crippen LogP contribution in [-0.2, 0) is 6.42 Å². The Kier molecular flexibility index (Phi) is 7.32. The normalized spacial score (nSPS) is 12.7. The van der Waals surface area contributed by atoms with Crippen LogP contribution in [0.1, 0.15) is 18.9 Å². The first kappa shape index (κ1) is 15.1. The standard InChI is InChI=1S/C12H18Cl2N2S/c1-2-5-17-8-10(16-15)6-9-3-4-11(13)12(14)7-9/h3-4,7,10,16H,2,5-6,8,15H2,1H3. The Morgan fingerprint density at radius 1 is 1.35 bits per heavy atom. The van der Waals surface area contributed by atoms with E-state index < -0.39 is 0 Å². The van der Waals surface area contributed by atoms with Crippen molar-refractivity contribution in [3.8, 4) is 0 Å². The molecule has 3 N–H and O–H groups in total. The molecule has 0 aliphatic heterocycles. The average Bonchev–Trinajstić information content (AvgIpc) is 2.32. The summed E-state index contributed by atoms with van der Waals surface area (Å²) in [4.78, 5) is 0. The van der Waals surface area contributed by atoms with E-state index in [4.69, 9.17) is 29.0 Å². The van der Waals surface area contributed by atoms with Crippen molar-refractivity contribution < 1.29 is 0 Å². The van der Waals surface area contributed by atoms with E-state index in [1.165, 1.54) is 12.2 Å². The summed E-state index contributed by atoms with van der Waals surface area (Å²) in [5.74, 6) is 7.72. The first-order chi connectivity index (χ1) is 8.17. The van der Waals surface area contributed by atoms with E-state index in [0.717, 1.165) is 17.7 Å². The summed E-state index contributed by atoms with van der Waals surface area (Å²) in [6, 6.07) is 5.98. The van der Waals surface area contributed by atoms with Gasteiger partial charge in [0.25, 0.3) is 0 Å². The molecule has 0 aliphatic carbocycles. The van der Waals surface area contributed by atoms with E-state index in [9.17, 15) is 0 Å². The minimum atomic E-state index is 0.267. The number of rotatable bonds is 7. The van der Waals surface area contributed by atoms with E-state index in [2.05, 4.69) is 12.3 Å². The Morgan fingerprint density at radius 3 is 2.71 bits per heavy atom. The summed E-state index contributed by atoms with van der Waals surface area (Å²) in [5, 5.41) is 1.19. The molecule has 1 unspecified atom stereocenters. The third kappa shape index (κ3) is 5.49. The molecule has 0 saturated carbocycles. The fourth-order valence-electron chi connectivity index (χ4n) is 1.49. The molecule has 96 valence electrons. The highest BCUT2D eigenvalue weighted by atomic mass is 35.5. The van der Waals surface area contributed by atoms with Crippen LogP contribution < -0.4 is 11.3 Å². The second-order valence-electron chi connectivity index (χ2n) is 3.89. The van der Waals surface area contributed by atoms with Gasteiger partial charge in [-0.1, -0.05) is 36.2 Å². The minimum Gasteiger partial charge on any atom is -0.271 e. The van der Waals surface area contributed by atoms with Crippen molar-refractivity contribution in [2.75, 3.05) is 11.5 Å². The monoisotopic (exact) mass is 292 g/mol. The zero-order valence-electron chi connectivity index (χ0n) is 9.88. The highest BCUT2D eigenvalue weighted by molar-refractivity contribution is 7.99. The molecular weight excluding hydrogens is 275 g/mol. The van der Waals surface area contributed by atoms with Gasteiger partial charge in [0, 0.05) is 11.8 Å². The lowest BCUT2D eigenvalue weighted by molar-refractivity contribution is 0.575. The van der Waals surface area contributed by atoms with Crippen molar-refractivity contribution in [2.24, 2.45) is 5.84 Å². The number of thioether (sulfide) groups is 1. The molecule has 5 heteroatoms. The Bertz CT molecular complexity index is 347. The lowest BCUT2D eigenvalue weighted by Gasteiger charge is -2.15. The van der Waals surface area contributed by atoms with Gasteiger partial charge in [-0.3, -0.25) is 11.3 Å². The maximum absolute atomic E-state index is 5.98. The number of hydrogen-bond donors (Lipinski definition) is 2. The number of benzene rings is 1. The second kappa shape index (κ2) is 8.22. The zero-order valence-corrected chi connectivity index (χ0v) is 12.2. The summed E-state index contributed by atoms with van der Waals surface area (Å²) < 4.78 is 0. The van der Waals surface area contributed by atoms with E-state index in [0.29, 0.717) is 10.0 Å². The first-order valence-electron chi connectivity index (χ1n) is 5.65. The van der Waals surface area contributed by atoms with Gasteiger partial charge in [-0.05, 0) is 36.3 Å². The SMILES string of the molecule is CCCSCC(Cc1ccc(Cl)c(Cl)c1)NN. The van der Waals surface area contributed by atoms with Crippen molar-refractivity contribution in [3.63, 3.8) is 0 Å². The van der Waals surface area contributed by atoms with Crippen LogP contribution in [0.5, 0.6) is 0 Å². The van der Waals surface area contributed by atoms with Crippen LogP contribution in [-0.4, -0.2) is 17.5 Å². The lowest BCUT2D eigenvalue weighted by Crippen LogP contribution is -2.38. The molecule has 2 nitrogen and oxygen atoms in total. The molecule has 0 spiro atoms. The van der Waals surface area contributed by atoms with Gasteiger partial charge >= 0.3 is 0 Å². The Labute approximate surface area is 117 Å². The van der Waals surface area contributed by atoms with Crippen molar-refractivity contribution in [1.29, 1.82) is 0 Å². The first-order valence-corrected chi connectivity index (χ1v) is 7.56. The smallest absolute Gasteiger partial charge is 0.0595 e. The quantitative estimate of drug-likeness (QED) is 0.459. The van der Waals surface area contributed by atoms with E-state index in [1.807, 2.05) is 30.0 Å². The largest absolute Gasteiger partial charge is 0.271 e. The van der Waals surface area contributed by atoms with Crippen LogP contribution in [0, 0.1) is 0 Å². The summed E-state index contributed by atoms with van der Waals surface area (Å²) in [5.41, 5.74) is 4.00. The summed E-state index contributed by atoms with van der Waals surface area (Å²) in [7, 11) is 0. The van der Waals surface area contributed by atoms with Gasteiger partial charge in [-0.25, -0.2) is 0 Å². The van der Waals surface area contributed by atoms with Gasteiger partial charge in [-0.2, -0.15) is 11.8 Å². The summed E-state index contributed by atoms with van der Waals surface area (Å²) >= 11 is 13.8. The van der Waals surface area contributed by atoms with Crippen molar-refractivity contribution in [1.82, 2.24) is 5.43 Å². The van der Waals surface area contributed by atoms with Crippen LogP contribution in [0.4, 0.5) is 0 Å². The molecule has 0 aliphatic rings. The highest BCUT2D eigenvalue weighted by Crippen LogP contribution is 2.23. The number of nitrogens with one attached hydrogen (secondary N) is 1. The third-order valence-corrected chi connectivity index (χ3v) is 4.44. The Morgan fingerprint density at radius 2 is 2.12 bits per heavy atom. The molecular formula is C12H18Cl2N2S. The van der Waals surface area contributed by atoms with Crippen LogP contribution in [0.2, 0.25) is 10.0 Å². The van der Waals surface area contributed by atoms with Crippen LogP contribution >= 0.6 is 35.0 Å². The maximum Gasteiger partial charge on any atom is 0.0595 e. The summed E-state index contributed by atoms with van der Waals surface area (Å²) in [6.07, 6.45) is 2.05. The van der Waals surface area contributed by atoms with Crippen LogP contribution in [0.25, 0.3) is 0 Å². The van der Waals surface area contributed by atoms with Crippen molar-refractivity contribution >= 4 is 35.0 Å². The average molecular weight is 293 g/mol. The number of halogens is 2. The molecule has 0 amide bonds. The molecule has 0 fully saturated rings. The molecule has 0 radical (unpaired) electrons. The predicted octanol–water partition coefficient (Wildman–Crippen LogP) is 3.51. The molecule has 0 heterocycles. The van der Waals surface area contributed by atoms with E-state index in [-0.39, 0.29) is 6.04 Å². The molecule has 1 rings (SSSR count). The lowest BCUT2D eigenvalue weighted by atomic mass is 10.1. The fourth-order valence-corrected chi connectivity index (χ4v) is 2.76. The number of nitrogens with two attached hydrogens (primary N) is 1. The van der Waals surface area contributed by atoms with E-state index in [1.54, 1.807) is 0 Å². The second-order valence-corrected chi connectivity index (χ2v) is 5.86. The van der Waals surface area contributed by atoms with Gasteiger partial charge in [-0.15, -0.1) is 0 Å². The van der Waals surface area contributed by atoms with Gasteiger partial charge in [0.05, 0.1) is 10.0 Å². The molecule has 17 heavy (non-hydrogen) atoms. The Balaban J connectivity index is 2.51. The van der Waals surface area contributed by atoms with E-state index >= 15 is 0 Å². The predicted molar refractivity (Wildman–Crippen MR) is 78.9 cm³/mol. The molecule has 0 saturated heterocycles. The van der Waals surface area contributed by atoms with Gasteiger partial charge < -0.3 is 0 Å². The third-order valence-electron chi connectivity index (χ3n) is 2.37. The molecule has 0 bridgehead atoms. The molecule has 1 aromatic rings. The van der Waals surface area contributed by atoms with Crippen molar-refractivity contribution in [2.45, 2.75) is 25.8 Å². The number of hydrazine groups is 1. The summed E-state index contributed by atoms with van der Waals surface area (Å²) in [6.45, 7) is 2.18. The molecule has 0 aromatic heterocycles. The minimum absolute atomic E-state index is 0.267. The van der Waals surface area contributed by atoms with Gasteiger partial charge in [0.15, 0.2) is 0 Å². The fraction of sp³-hybridized carbons (Fsp3) is 0.500. The Hall–Kier alpha value is 0.0700. The highest BCUT2D eigenvalue weighted by Gasteiger charge is 2.08. The van der Waals surface area contributed by atoms with Crippen molar-refractivity contribution in [3.05, 3.63) is 33.8 Å². The molecule has 1 atom stereocenters. The van der Waals surface area contributed by atoms with Crippen LogP contribution in [0.3, 0.4) is 0 Å². The zero-order chi connectivity index (χ0) is 12.7. The van der Waals surface area contributed by atoms with Crippen LogP contribution in [0.15, 0.2) is 18.2 Å².